The molecule has 0 bridgehead atoms. The highest BCUT2D eigenvalue weighted by Crippen LogP contribution is 2.19. The zero-order valence-corrected chi connectivity index (χ0v) is 12.0. The molecule has 1 unspecified atom stereocenters. The van der Waals surface area contributed by atoms with E-state index in [-0.39, 0.29) is 18.5 Å². The topological polar surface area (TPSA) is 41.5 Å². The van der Waals surface area contributed by atoms with Gasteiger partial charge in [0.25, 0.3) is 0 Å². The Balaban J connectivity index is 2.39. The number of rotatable bonds is 8. The molecule has 19 heavy (non-hydrogen) atoms. The Kier molecular flexibility index (Phi) is 6.99. The van der Waals surface area contributed by atoms with Crippen LogP contribution in [0.2, 0.25) is 0 Å². The molecular formula is C15H24FNO2. The van der Waals surface area contributed by atoms with Gasteiger partial charge in [0.05, 0.1) is 13.2 Å². The van der Waals surface area contributed by atoms with Gasteiger partial charge in [-0.2, -0.15) is 0 Å². The van der Waals surface area contributed by atoms with E-state index in [1.54, 1.807) is 13.8 Å². The standard InChI is InChI=1S/C15H24FNO2/c1-11-9-14(10-12(2)15(11)16)13(3)17-5-4-7-19-8-6-18/h9-10,13,17-18H,4-8H2,1-3H3. The lowest BCUT2D eigenvalue weighted by molar-refractivity contribution is 0.0904. The molecule has 1 atom stereocenters. The Morgan fingerprint density at radius 2 is 1.89 bits per heavy atom. The van der Waals surface area contributed by atoms with E-state index in [0.29, 0.717) is 24.3 Å². The van der Waals surface area contributed by atoms with Crippen LogP contribution in [0.15, 0.2) is 12.1 Å². The average Bonchev–Trinajstić information content (AvgIpc) is 2.39. The molecule has 4 heteroatoms. The van der Waals surface area contributed by atoms with Crippen molar-refractivity contribution in [3.05, 3.63) is 34.6 Å². The number of aryl methyl sites for hydroxylation is 2. The van der Waals surface area contributed by atoms with Gasteiger partial charge < -0.3 is 15.2 Å². The van der Waals surface area contributed by atoms with Crippen molar-refractivity contribution in [2.45, 2.75) is 33.2 Å². The minimum atomic E-state index is -0.117. The third kappa shape index (κ3) is 5.27. The Morgan fingerprint density at radius 3 is 2.47 bits per heavy atom. The van der Waals surface area contributed by atoms with Crippen molar-refractivity contribution in [1.82, 2.24) is 5.32 Å². The molecule has 1 aromatic rings. The fraction of sp³-hybridized carbons (Fsp3) is 0.600. The number of hydrogen-bond donors (Lipinski definition) is 2. The van der Waals surface area contributed by atoms with Crippen LogP contribution in [0.5, 0.6) is 0 Å². The van der Waals surface area contributed by atoms with Crippen LogP contribution in [-0.2, 0) is 4.74 Å². The number of hydrogen-bond acceptors (Lipinski definition) is 3. The van der Waals surface area contributed by atoms with Crippen LogP contribution < -0.4 is 5.32 Å². The zero-order valence-electron chi connectivity index (χ0n) is 12.0. The molecular weight excluding hydrogens is 245 g/mol. The molecule has 0 aliphatic heterocycles. The lowest BCUT2D eigenvalue weighted by Crippen LogP contribution is -2.21. The molecule has 1 rings (SSSR count). The van der Waals surface area contributed by atoms with Gasteiger partial charge in [-0.15, -0.1) is 0 Å². The minimum absolute atomic E-state index is 0.0674. The van der Waals surface area contributed by atoms with Crippen molar-refractivity contribution in [3.8, 4) is 0 Å². The summed E-state index contributed by atoms with van der Waals surface area (Å²) in [5, 5.41) is 11.9. The lowest BCUT2D eigenvalue weighted by Gasteiger charge is -2.16. The van der Waals surface area contributed by atoms with Crippen LogP contribution in [0, 0.1) is 19.7 Å². The fourth-order valence-electron chi connectivity index (χ4n) is 2.01. The molecule has 0 aliphatic carbocycles. The third-order valence-electron chi connectivity index (χ3n) is 3.11. The van der Waals surface area contributed by atoms with Gasteiger partial charge in [-0.05, 0) is 50.4 Å². The van der Waals surface area contributed by atoms with Gasteiger partial charge >= 0.3 is 0 Å². The first kappa shape index (κ1) is 16.1. The molecule has 0 heterocycles. The Hall–Kier alpha value is -0.970. The molecule has 0 saturated carbocycles. The van der Waals surface area contributed by atoms with Crippen LogP contribution in [0.4, 0.5) is 4.39 Å². The molecule has 0 saturated heterocycles. The normalized spacial score (nSPS) is 12.7. The second-order valence-corrected chi connectivity index (χ2v) is 4.83. The van der Waals surface area contributed by atoms with Crippen LogP contribution in [0.1, 0.15) is 36.1 Å². The number of halogens is 1. The second kappa shape index (κ2) is 8.25. The van der Waals surface area contributed by atoms with Gasteiger partial charge in [-0.3, -0.25) is 0 Å². The summed E-state index contributed by atoms with van der Waals surface area (Å²) in [6, 6.07) is 3.97. The molecule has 0 fully saturated rings. The van der Waals surface area contributed by atoms with Crippen LogP contribution in [0.25, 0.3) is 0 Å². The summed E-state index contributed by atoms with van der Waals surface area (Å²) >= 11 is 0. The maximum absolute atomic E-state index is 13.5. The van der Waals surface area contributed by atoms with Crippen molar-refractivity contribution in [3.63, 3.8) is 0 Å². The van der Waals surface area contributed by atoms with Crippen molar-refractivity contribution in [1.29, 1.82) is 0 Å². The van der Waals surface area contributed by atoms with E-state index in [1.165, 1.54) is 0 Å². The first-order valence-corrected chi connectivity index (χ1v) is 6.75. The molecule has 3 nitrogen and oxygen atoms in total. The fourth-order valence-corrected chi connectivity index (χ4v) is 2.01. The monoisotopic (exact) mass is 269 g/mol. The summed E-state index contributed by atoms with van der Waals surface area (Å²) in [7, 11) is 0. The van der Waals surface area contributed by atoms with Crippen molar-refractivity contribution >= 4 is 0 Å². The molecule has 108 valence electrons. The van der Waals surface area contributed by atoms with E-state index < -0.39 is 0 Å². The molecule has 2 N–H and O–H groups in total. The van der Waals surface area contributed by atoms with Crippen LogP contribution in [-0.4, -0.2) is 31.5 Å². The summed E-state index contributed by atoms with van der Waals surface area (Å²) in [5.41, 5.74) is 2.48. The van der Waals surface area contributed by atoms with Crippen molar-refractivity contribution in [2.24, 2.45) is 0 Å². The number of ether oxygens (including phenoxy) is 1. The maximum atomic E-state index is 13.5. The maximum Gasteiger partial charge on any atom is 0.129 e. The highest BCUT2D eigenvalue weighted by molar-refractivity contribution is 5.32. The molecule has 0 amide bonds. The highest BCUT2D eigenvalue weighted by atomic mass is 19.1. The molecule has 0 radical (unpaired) electrons. The van der Waals surface area contributed by atoms with E-state index in [1.807, 2.05) is 12.1 Å². The van der Waals surface area contributed by atoms with Gasteiger partial charge in [-0.25, -0.2) is 4.39 Å². The highest BCUT2D eigenvalue weighted by Gasteiger charge is 2.09. The summed E-state index contributed by atoms with van der Waals surface area (Å²) in [6.07, 6.45) is 0.892. The number of benzene rings is 1. The Morgan fingerprint density at radius 1 is 1.26 bits per heavy atom. The SMILES string of the molecule is Cc1cc(C(C)NCCCOCCO)cc(C)c1F. The smallest absolute Gasteiger partial charge is 0.129 e. The predicted molar refractivity (Wildman–Crippen MR) is 74.8 cm³/mol. The summed E-state index contributed by atoms with van der Waals surface area (Å²) in [6.45, 7) is 7.59. The summed E-state index contributed by atoms with van der Waals surface area (Å²) in [4.78, 5) is 0. The Bertz CT molecular complexity index is 373. The van der Waals surface area contributed by atoms with Crippen molar-refractivity contribution in [2.75, 3.05) is 26.4 Å². The van der Waals surface area contributed by atoms with Gasteiger partial charge in [0, 0.05) is 12.6 Å². The molecule has 0 aromatic heterocycles. The van der Waals surface area contributed by atoms with Gasteiger partial charge in [0.1, 0.15) is 5.82 Å². The summed E-state index contributed by atoms with van der Waals surface area (Å²) < 4.78 is 18.7. The number of aliphatic hydroxyl groups is 1. The third-order valence-corrected chi connectivity index (χ3v) is 3.11. The van der Waals surface area contributed by atoms with E-state index in [0.717, 1.165) is 18.5 Å². The van der Waals surface area contributed by atoms with Crippen molar-refractivity contribution < 1.29 is 14.2 Å². The average molecular weight is 269 g/mol. The van der Waals surface area contributed by atoms with E-state index >= 15 is 0 Å². The quantitative estimate of drug-likeness (QED) is 0.712. The predicted octanol–water partition coefficient (Wildman–Crippen LogP) is 2.49. The second-order valence-electron chi connectivity index (χ2n) is 4.83. The summed E-state index contributed by atoms with van der Waals surface area (Å²) in [5.74, 6) is -0.117. The largest absolute Gasteiger partial charge is 0.394 e. The molecule has 0 spiro atoms. The Labute approximate surface area is 114 Å². The van der Waals surface area contributed by atoms with Gasteiger partial charge in [0.15, 0.2) is 0 Å². The van der Waals surface area contributed by atoms with Gasteiger partial charge in [-0.1, -0.05) is 12.1 Å². The first-order chi connectivity index (χ1) is 9.06. The van der Waals surface area contributed by atoms with E-state index in [2.05, 4.69) is 12.2 Å². The first-order valence-electron chi connectivity index (χ1n) is 6.75. The molecule has 1 aromatic carbocycles. The zero-order chi connectivity index (χ0) is 14.3. The molecule has 0 aliphatic rings. The van der Waals surface area contributed by atoms with E-state index in [4.69, 9.17) is 9.84 Å². The lowest BCUT2D eigenvalue weighted by atomic mass is 10.0. The van der Waals surface area contributed by atoms with Gasteiger partial charge in [0.2, 0.25) is 0 Å². The van der Waals surface area contributed by atoms with Crippen LogP contribution in [0.3, 0.4) is 0 Å². The van der Waals surface area contributed by atoms with Crippen LogP contribution >= 0.6 is 0 Å². The minimum Gasteiger partial charge on any atom is -0.394 e. The number of nitrogens with one attached hydrogen (secondary N) is 1. The van der Waals surface area contributed by atoms with E-state index in [9.17, 15) is 4.39 Å². The number of aliphatic hydroxyl groups excluding tert-OH is 1.